The van der Waals surface area contributed by atoms with Crippen LogP contribution in [0.25, 0.3) is 0 Å². The highest BCUT2D eigenvalue weighted by atomic mass is 16.5. The normalized spacial score (nSPS) is 9.73. The number of rotatable bonds is 9. The molecule has 0 fully saturated rings. The Morgan fingerprint density at radius 1 is 1.07 bits per heavy atom. The van der Waals surface area contributed by atoms with Gasteiger partial charge in [-0.05, 0) is 43.6 Å². The number of nitrogen functional groups attached to an aromatic ring is 1. The minimum Gasteiger partial charge on any atom is -0.496 e. The third kappa shape index (κ3) is 8.17. The Morgan fingerprint density at radius 2 is 1.80 bits per heavy atom. The molecule has 0 saturated heterocycles. The Balaban J connectivity index is 0.000000456. The average molecular weight is 405 g/mol. The van der Waals surface area contributed by atoms with Crippen molar-refractivity contribution >= 4 is 11.5 Å². The molecule has 4 N–H and O–H groups in total. The maximum atomic E-state index is 8.91. The Bertz CT molecular complexity index is 884. The van der Waals surface area contributed by atoms with E-state index in [9.17, 15) is 0 Å². The van der Waals surface area contributed by atoms with Crippen molar-refractivity contribution in [3.63, 3.8) is 0 Å². The number of hydrogen-bond acceptors (Lipinski definition) is 7. The lowest BCUT2D eigenvalue weighted by Crippen LogP contribution is -2.21. The van der Waals surface area contributed by atoms with Crippen molar-refractivity contribution in [1.82, 2.24) is 15.3 Å². The summed E-state index contributed by atoms with van der Waals surface area (Å²) in [4.78, 5) is 7.86. The Kier molecular flexibility index (Phi) is 10.2. The second-order valence-electron chi connectivity index (χ2n) is 6.40. The van der Waals surface area contributed by atoms with Crippen molar-refractivity contribution in [2.75, 3.05) is 37.8 Å². The van der Waals surface area contributed by atoms with Gasteiger partial charge in [-0.25, -0.2) is 9.97 Å². The van der Waals surface area contributed by atoms with E-state index in [0.29, 0.717) is 11.4 Å². The summed E-state index contributed by atoms with van der Waals surface area (Å²) >= 11 is 0. The molecule has 1 aromatic heterocycles. The van der Waals surface area contributed by atoms with Gasteiger partial charge >= 0.3 is 0 Å². The summed E-state index contributed by atoms with van der Waals surface area (Å²) in [6.07, 6.45) is 4.91. The topological polar surface area (TPSA) is 109 Å². The van der Waals surface area contributed by atoms with Crippen LogP contribution in [0, 0.1) is 11.3 Å². The Hall–Kier alpha value is -3.63. The van der Waals surface area contributed by atoms with E-state index in [4.69, 9.17) is 15.7 Å². The average Bonchev–Trinajstić information content (AvgIpc) is 2.81. The molecule has 30 heavy (non-hydrogen) atoms. The molecule has 0 aliphatic carbocycles. The van der Waals surface area contributed by atoms with Gasteiger partial charge in [0.1, 0.15) is 17.9 Å². The minimum absolute atomic E-state index is 0.464. The van der Waals surface area contributed by atoms with E-state index in [0.717, 1.165) is 49.5 Å². The fourth-order valence-electron chi connectivity index (χ4n) is 2.67. The second kappa shape index (κ2) is 13.5. The van der Waals surface area contributed by atoms with E-state index < -0.39 is 0 Å². The number of benzene rings is 2. The SMILES string of the molecule is COc1cc(C#N)ccc1CCNCCCNc1cncnc1N.c1ccccc1. The highest BCUT2D eigenvalue weighted by Crippen LogP contribution is 2.20. The van der Waals surface area contributed by atoms with Gasteiger partial charge < -0.3 is 21.1 Å². The van der Waals surface area contributed by atoms with E-state index in [1.54, 1.807) is 19.4 Å². The summed E-state index contributed by atoms with van der Waals surface area (Å²) in [6, 6.07) is 19.6. The van der Waals surface area contributed by atoms with E-state index in [-0.39, 0.29) is 0 Å². The minimum atomic E-state index is 0.464. The van der Waals surface area contributed by atoms with E-state index in [1.807, 2.05) is 48.5 Å². The number of nitrogens with zero attached hydrogens (tertiary/aromatic N) is 3. The summed E-state index contributed by atoms with van der Waals surface area (Å²) in [7, 11) is 1.62. The number of methoxy groups -OCH3 is 1. The summed E-state index contributed by atoms with van der Waals surface area (Å²) in [5.41, 5.74) is 8.20. The molecule has 0 radical (unpaired) electrons. The molecule has 0 amide bonds. The fraction of sp³-hybridized carbons (Fsp3) is 0.261. The number of hydrogen-bond donors (Lipinski definition) is 3. The molecule has 0 aliphatic heterocycles. The molecule has 0 atom stereocenters. The van der Waals surface area contributed by atoms with Gasteiger partial charge in [0, 0.05) is 6.54 Å². The third-order valence-electron chi connectivity index (χ3n) is 4.24. The monoisotopic (exact) mass is 404 g/mol. The Labute approximate surface area is 177 Å². The van der Waals surface area contributed by atoms with Crippen LogP contribution in [0.5, 0.6) is 5.75 Å². The molecule has 3 aromatic rings. The van der Waals surface area contributed by atoms with Gasteiger partial charge in [0.15, 0.2) is 0 Å². The molecule has 2 aromatic carbocycles. The van der Waals surface area contributed by atoms with Crippen LogP contribution in [0.1, 0.15) is 17.5 Å². The molecular weight excluding hydrogens is 376 g/mol. The summed E-state index contributed by atoms with van der Waals surface area (Å²) < 4.78 is 5.33. The van der Waals surface area contributed by atoms with Gasteiger partial charge in [-0.15, -0.1) is 0 Å². The highest BCUT2D eigenvalue weighted by molar-refractivity contribution is 5.59. The smallest absolute Gasteiger partial charge is 0.150 e. The molecule has 1 heterocycles. The maximum absolute atomic E-state index is 8.91. The molecule has 7 heteroatoms. The van der Waals surface area contributed by atoms with Crippen LogP contribution < -0.4 is 21.1 Å². The van der Waals surface area contributed by atoms with E-state index in [2.05, 4.69) is 26.7 Å². The van der Waals surface area contributed by atoms with Crippen molar-refractivity contribution in [2.45, 2.75) is 12.8 Å². The summed E-state index contributed by atoms with van der Waals surface area (Å²) in [5.74, 6) is 1.22. The van der Waals surface area contributed by atoms with E-state index in [1.165, 1.54) is 6.33 Å². The van der Waals surface area contributed by atoms with Gasteiger partial charge in [-0.1, -0.05) is 42.5 Å². The predicted molar refractivity (Wildman–Crippen MR) is 120 cm³/mol. The highest BCUT2D eigenvalue weighted by Gasteiger charge is 2.04. The van der Waals surface area contributed by atoms with Crippen molar-refractivity contribution in [3.05, 3.63) is 78.2 Å². The maximum Gasteiger partial charge on any atom is 0.150 e. The molecule has 3 rings (SSSR count). The van der Waals surface area contributed by atoms with Gasteiger partial charge in [0.2, 0.25) is 0 Å². The molecule has 0 spiro atoms. The van der Waals surface area contributed by atoms with Crippen LogP contribution in [0.15, 0.2) is 67.1 Å². The zero-order chi connectivity index (χ0) is 21.4. The van der Waals surface area contributed by atoms with Crippen molar-refractivity contribution in [3.8, 4) is 11.8 Å². The first-order chi connectivity index (χ1) is 14.7. The molecule has 0 saturated carbocycles. The van der Waals surface area contributed by atoms with E-state index >= 15 is 0 Å². The van der Waals surface area contributed by atoms with Crippen LogP contribution in [-0.2, 0) is 6.42 Å². The number of anilines is 2. The zero-order valence-electron chi connectivity index (χ0n) is 17.2. The van der Waals surface area contributed by atoms with Gasteiger partial charge in [-0.3, -0.25) is 0 Å². The number of nitriles is 1. The summed E-state index contributed by atoms with van der Waals surface area (Å²) in [5, 5.41) is 15.5. The molecule has 156 valence electrons. The first-order valence-electron chi connectivity index (χ1n) is 9.81. The number of nitrogens with one attached hydrogen (secondary N) is 2. The van der Waals surface area contributed by atoms with Gasteiger partial charge in [0.25, 0.3) is 0 Å². The largest absolute Gasteiger partial charge is 0.496 e. The molecule has 0 unspecified atom stereocenters. The van der Waals surface area contributed by atoms with Gasteiger partial charge in [0.05, 0.1) is 30.6 Å². The summed E-state index contributed by atoms with van der Waals surface area (Å²) in [6.45, 7) is 2.53. The van der Waals surface area contributed by atoms with Crippen LogP contribution in [-0.4, -0.2) is 36.7 Å². The number of aromatic nitrogens is 2. The number of nitrogens with two attached hydrogens (primary N) is 1. The second-order valence-corrected chi connectivity index (χ2v) is 6.40. The van der Waals surface area contributed by atoms with Crippen LogP contribution in [0.3, 0.4) is 0 Å². The molecule has 0 bridgehead atoms. The third-order valence-corrected chi connectivity index (χ3v) is 4.24. The molecule has 0 aliphatic rings. The lowest BCUT2D eigenvalue weighted by atomic mass is 10.1. The van der Waals surface area contributed by atoms with Crippen LogP contribution in [0.2, 0.25) is 0 Å². The number of ether oxygens (including phenoxy) is 1. The Morgan fingerprint density at radius 3 is 2.43 bits per heavy atom. The fourth-order valence-corrected chi connectivity index (χ4v) is 2.67. The van der Waals surface area contributed by atoms with Crippen molar-refractivity contribution < 1.29 is 4.74 Å². The quantitative estimate of drug-likeness (QED) is 0.470. The van der Waals surface area contributed by atoms with Crippen molar-refractivity contribution in [2.24, 2.45) is 0 Å². The van der Waals surface area contributed by atoms with Crippen LogP contribution >= 0.6 is 0 Å². The van der Waals surface area contributed by atoms with Gasteiger partial charge in [-0.2, -0.15) is 5.26 Å². The molecular formula is C23H28N6O. The van der Waals surface area contributed by atoms with Crippen molar-refractivity contribution in [1.29, 1.82) is 5.26 Å². The molecule has 7 nitrogen and oxygen atoms in total. The first kappa shape index (κ1) is 22.7. The lowest BCUT2D eigenvalue weighted by Gasteiger charge is -2.10. The zero-order valence-corrected chi connectivity index (χ0v) is 17.2. The van der Waals surface area contributed by atoms with Crippen LogP contribution in [0.4, 0.5) is 11.5 Å². The standard InChI is InChI=1S/C17H22N6O.C6H6/c1-24-16-9-13(10-18)3-4-14(16)5-8-20-6-2-7-22-15-11-21-12-23-17(15)19;1-2-4-6-5-3-1/h3-4,9,11-12,20,22H,2,5-8H2,1H3,(H2,19,21,23);1-6H. The predicted octanol–water partition coefficient (Wildman–Crippen LogP) is 3.26. The first-order valence-corrected chi connectivity index (χ1v) is 9.81. The lowest BCUT2D eigenvalue weighted by molar-refractivity contribution is 0.409.